The Morgan fingerprint density at radius 1 is 1.10 bits per heavy atom. The van der Waals surface area contributed by atoms with Crippen molar-refractivity contribution in [3.05, 3.63) is 70.8 Å². The highest BCUT2D eigenvalue weighted by Crippen LogP contribution is 2.43. The minimum Gasteiger partial charge on any atom is -0.464 e. The Hall–Kier alpha value is -5.65. The number of ether oxygens (including phenoxy) is 2. The molecule has 16 nitrogen and oxygen atoms in total. The molecular formula is C51H67N9O7S. The van der Waals surface area contributed by atoms with Gasteiger partial charge in [-0.25, -0.2) is 15.2 Å². The van der Waals surface area contributed by atoms with Gasteiger partial charge in [0.25, 0.3) is 5.91 Å². The average molecular weight is 950 g/mol. The number of fused-ring (bicyclic) bond motifs is 6. The van der Waals surface area contributed by atoms with Crippen LogP contribution in [0.25, 0.3) is 33.4 Å². The molecular weight excluding hydrogens is 883 g/mol. The minimum absolute atomic E-state index is 0.0830. The summed E-state index contributed by atoms with van der Waals surface area (Å²) in [5.41, 5.74) is 8.92. The molecule has 5 amide bonds. The van der Waals surface area contributed by atoms with Gasteiger partial charge in [-0.15, -0.1) is 11.3 Å². The summed E-state index contributed by atoms with van der Waals surface area (Å²) in [6.45, 7) is 18.5. The van der Waals surface area contributed by atoms with Crippen LogP contribution in [0.15, 0.2) is 54.6 Å². The standard InChI is InChI=1S/C51H67N9O7S/c1-10-42(61)57-23-18-51(19-24-57)20-25-59(51)49(65)56(8)44(31(3)4)46(62)54-38-27-41-53-39(29-68-41)33-16-17-40-35(26-33)36(45(58(40)11-2)34-14-12-21-52-43(34)32(5)66-9)28-50(6,7)30-67-48(64)37-15-13-22-60(55-37)47(38)63/h10,12,14,16-17,21,26,29,31-32,37-38,44,55H,1,11,13,15,18-20,22-25,27-28,30H2,2-9H3,(H,54,62)/t32-,37-,38-,44?/m0/s1. The van der Waals surface area contributed by atoms with Crippen LogP contribution < -0.4 is 10.7 Å². The van der Waals surface area contributed by atoms with Gasteiger partial charge in [-0.2, -0.15) is 0 Å². The van der Waals surface area contributed by atoms with E-state index in [0.717, 1.165) is 51.1 Å². The van der Waals surface area contributed by atoms with Crippen LogP contribution in [0.4, 0.5) is 4.79 Å². The van der Waals surface area contributed by atoms with Crippen LogP contribution in [0.1, 0.15) is 96.0 Å². The van der Waals surface area contributed by atoms with E-state index in [1.165, 1.54) is 27.3 Å². The van der Waals surface area contributed by atoms with E-state index in [9.17, 15) is 24.0 Å². The zero-order valence-corrected chi connectivity index (χ0v) is 41.6. The van der Waals surface area contributed by atoms with Gasteiger partial charge in [0, 0.05) is 97.9 Å². The predicted molar refractivity (Wildman–Crippen MR) is 261 cm³/mol. The Bertz CT molecular complexity index is 2580. The van der Waals surface area contributed by atoms with Crippen LogP contribution in [0.5, 0.6) is 0 Å². The van der Waals surface area contributed by atoms with Gasteiger partial charge in [0.05, 0.1) is 34.8 Å². The van der Waals surface area contributed by atoms with Crippen molar-refractivity contribution in [1.29, 1.82) is 0 Å². The lowest BCUT2D eigenvalue weighted by Gasteiger charge is -2.57. The number of hydrazine groups is 1. The van der Waals surface area contributed by atoms with Crippen molar-refractivity contribution in [3.63, 3.8) is 0 Å². The second-order valence-corrected chi connectivity index (χ2v) is 21.0. The second kappa shape index (κ2) is 19.8. The van der Waals surface area contributed by atoms with Gasteiger partial charge in [-0.3, -0.25) is 29.2 Å². The van der Waals surface area contributed by atoms with Crippen molar-refractivity contribution in [2.24, 2.45) is 11.3 Å². The third-order valence-corrected chi connectivity index (χ3v) is 15.4. The first kappa shape index (κ1) is 48.8. The number of pyridine rings is 1. The number of hydrogen-bond acceptors (Lipinski definition) is 11. The van der Waals surface area contributed by atoms with Crippen molar-refractivity contribution in [2.45, 2.75) is 123 Å². The molecule has 17 heteroatoms. The lowest BCUT2D eigenvalue weighted by atomic mass is 9.76. The molecule has 4 atom stereocenters. The summed E-state index contributed by atoms with van der Waals surface area (Å²) in [5, 5.41) is 8.18. The molecule has 1 unspecified atom stereocenters. The number of carbonyl (C=O) groups excluding carboxylic acids is 5. The predicted octanol–water partition coefficient (Wildman–Crippen LogP) is 6.53. The third-order valence-electron chi connectivity index (χ3n) is 14.6. The number of methoxy groups -OCH3 is 1. The summed E-state index contributed by atoms with van der Waals surface area (Å²) in [7, 11) is 3.33. The summed E-state index contributed by atoms with van der Waals surface area (Å²) in [5.74, 6) is -1.75. The molecule has 3 aromatic heterocycles. The van der Waals surface area contributed by atoms with E-state index in [-0.39, 0.29) is 42.5 Å². The third kappa shape index (κ3) is 9.40. The Morgan fingerprint density at radius 2 is 1.85 bits per heavy atom. The number of nitrogens with zero attached hydrogens (tertiary/aromatic N) is 7. The minimum atomic E-state index is -1.08. The number of aromatic nitrogens is 3. The van der Waals surface area contributed by atoms with Gasteiger partial charge < -0.3 is 34.1 Å². The Morgan fingerprint density at radius 3 is 2.53 bits per heavy atom. The number of amides is 5. The first-order chi connectivity index (χ1) is 32.5. The molecule has 2 N–H and O–H groups in total. The number of rotatable bonds is 9. The summed E-state index contributed by atoms with van der Waals surface area (Å²) in [4.78, 5) is 84.9. The quantitative estimate of drug-likeness (QED) is 0.139. The average Bonchev–Trinajstić information content (AvgIpc) is 3.93. The highest BCUT2D eigenvalue weighted by atomic mass is 32.1. The van der Waals surface area contributed by atoms with E-state index in [4.69, 9.17) is 19.4 Å². The van der Waals surface area contributed by atoms with Crippen molar-refractivity contribution in [1.82, 2.24) is 45.0 Å². The van der Waals surface area contributed by atoms with E-state index in [0.29, 0.717) is 69.8 Å². The normalized spacial score (nSPS) is 21.5. The Kier molecular flexibility index (Phi) is 14.2. The van der Waals surface area contributed by atoms with Crippen molar-refractivity contribution in [3.8, 4) is 22.5 Å². The van der Waals surface area contributed by atoms with E-state index in [2.05, 4.69) is 66.9 Å². The highest BCUT2D eigenvalue weighted by Gasteiger charge is 2.51. The van der Waals surface area contributed by atoms with Crippen LogP contribution in [-0.4, -0.2) is 135 Å². The summed E-state index contributed by atoms with van der Waals surface area (Å²) < 4.78 is 14.3. The fourth-order valence-corrected chi connectivity index (χ4v) is 11.5. The number of cyclic esters (lactones) is 1. The lowest BCUT2D eigenvalue weighted by molar-refractivity contribution is -0.155. The monoisotopic (exact) mass is 949 g/mol. The molecule has 0 radical (unpaired) electrons. The topological polar surface area (TPSA) is 172 Å². The molecule has 6 bridgehead atoms. The summed E-state index contributed by atoms with van der Waals surface area (Å²) in [6, 6.07) is 7.41. The van der Waals surface area contributed by atoms with Crippen LogP contribution >= 0.6 is 11.3 Å². The Balaban J connectivity index is 1.13. The van der Waals surface area contributed by atoms with Crippen molar-refractivity contribution < 1.29 is 33.4 Å². The number of likely N-dealkylation sites (tertiary alicyclic amines) is 2. The van der Waals surface area contributed by atoms with Crippen LogP contribution in [0.2, 0.25) is 0 Å². The van der Waals surface area contributed by atoms with Gasteiger partial charge in [-0.05, 0) is 94.2 Å². The first-order valence-corrected chi connectivity index (χ1v) is 25.0. The second-order valence-electron chi connectivity index (χ2n) is 20.0. The number of thiazole rings is 1. The van der Waals surface area contributed by atoms with Gasteiger partial charge in [0.1, 0.15) is 18.1 Å². The number of esters is 1. The number of aryl methyl sites for hydroxylation is 1. The highest BCUT2D eigenvalue weighted by molar-refractivity contribution is 7.10. The van der Waals surface area contributed by atoms with Crippen LogP contribution in [0.3, 0.4) is 0 Å². The molecule has 7 heterocycles. The van der Waals surface area contributed by atoms with Gasteiger partial charge in [0.15, 0.2) is 0 Å². The number of carbonyl (C=O) groups is 5. The molecule has 8 rings (SSSR count). The number of benzene rings is 1. The van der Waals surface area contributed by atoms with Crippen LogP contribution in [-0.2, 0) is 48.0 Å². The van der Waals surface area contributed by atoms with Gasteiger partial charge in [0.2, 0.25) is 11.8 Å². The molecule has 3 saturated heterocycles. The smallest absolute Gasteiger partial charge is 0.324 e. The largest absolute Gasteiger partial charge is 0.464 e. The SMILES string of the molecule is C=CC(=O)N1CCC2(CC1)CCN2C(=O)N(C)C(C(=O)N[C@H]1Cc2nc(cs2)-c2ccc3c(c2)c(c(-c2cccnc2[C@H](C)OC)n3CC)CC(C)(C)COC(=O)[C@@H]2CCCN(N2)C1=O)C(C)C. The molecule has 1 spiro atoms. The maximum atomic E-state index is 14.7. The zero-order valence-electron chi connectivity index (χ0n) is 40.8. The van der Waals surface area contributed by atoms with E-state index in [1.54, 1.807) is 25.3 Å². The number of urea groups is 1. The molecule has 68 heavy (non-hydrogen) atoms. The maximum Gasteiger partial charge on any atom is 0.324 e. The van der Waals surface area contributed by atoms with Gasteiger partial charge in [-0.1, -0.05) is 40.3 Å². The number of nitrogens with one attached hydrogen (secondary N) is 2. The number of piperidine rings is 1. The molecule has 364 valence electrons. The molecule has 1 aromatic carbocycles. The Labute approximate surface area is 403 Å². The van der Waals surface area contributed by atoms with Gasteiger partial charge >= 0.3 is 12.0 Å². The fraction of sp³-hybridized carbons (Fsp3) is 0.549. The molecule has 0 saturated carbocycles. The van der Waals surface area contributed by atoms with E-state index in [1.807, 2.05) is 37.1 Å². The lowest BCUT2D eigenvalue weighted by Crippen LogP contribution is -2.69. The molecule has 4 aromatic rings. The molecule has 4 aliphatic heterocycles. The fourth-order valence-electron chi connectivity index (χ4n) is 10.7. The van der Waals surface area contributed by atoms with Crippen molar-refractivity contribution >= 4 is 52.0 Å². The zero-order chi connectivity index (χ0) is 48.7. The van der Waals surface area contributed by atoms with Crippen LogP contribution in [0, 0.1) is 11.3 Å². The van der Waals surface area contributed by atoms with E-state index < -0.39 is 41.3 Å². The number of likely N-dealkylation sites (N-methyl/N-ethyl adjacent to an activating group) is 1. The molecule has 3 fully saturated rings. The number of hydrogen-bond donors (Lipinski definition) is 2. The summed E-state index contributed by atoms with van der Waals surface area (Å²) >= 11 is 1.42. The first-order valence-electron chi connectivity index (χ1n) is 24.1. The maximum absolute atomic E-state index is 14.7. The summed E-state index contributed by atoms with van der Waals surface area (Å²) in [6.07, 6.45) is 6.65. The molecule has 0 aliphatic carbocycles. The van der Waals surface area contributed by atoms with E-state index >= 15 is 0 Å². The molecule has 4 aliphatic rings. The van der Waals surface area contributed by atoms with Crippen molar-refractivity contribution in [2.75, 3.05) is 46.9 Å².